The molecule has 0 radical (unpaired) electrons. The highest BCUT2D eigenvalue weighted by Gasteiger charge is 2.23. The summed E-state index contributed by atoms with van der Waals surface area (Å²) in [6.07, 6.45) is 16.5. The number of carboxylic acids is 2. The van der Waals surface area contributed by atoms with Crippen molar-refractivity contribution in [3.63, 3.8) is 0 Å². The lowest BCUT2D eigenvalue weighted by Gasteiger charge is -2.19. The van der Waals surface area contributed by atoms with Crippen molar-refractivity contribution in [3.05, 3.63) is 34.9 Å². The number of carboxylic acid groups (broad SMARTS) is 2. The summed E-state index contributed by atoms with van der Waals surface area (Å²) in [6.45, 7) is 4.38. The number of esters is 1. The molecule has 1 unspecified atom stereocenters. The van der Waals surface area contributed by atoms with E-state index >= 15 is 0 Å². The summed E-state index contributed by atoms with van der Waals surface area (Å²) in [4.78, 5) is 35.6. The van der Waals surface area contributed by atoms with E-state index in [0.29, 0.717) is 0 Å². The van der Waals surface area contributed by atoms with E-state index in [1.165, 1.54) is 63.5 Å². The van der Waals surface area contributed by atoms with E-state index in [1.54, 1.807) is 0 Å². The molecule has 0 aromatic heterocycles. The van der Waals surface area contributed by atoms with Gasteiger partial charge in [-0.1, -0.05) is 84.5 Å². The highest BCUT2D eigenvalue weighted by atomic mass is 16.5. The van der Waals surface area contributed by atoms with E-state index in [9.17, 15) is 19.5 Å². The van der Waals surface area contributed by atoms with Crippen LogP contribution in [0.2, 0.25) is 0 Å². The lowest BCUT2D eigenvalue weighted by molar-refractivity contribution is 0.0243. The Morgan fingerprint density at radius 2 is 1.18 bits per heavy atom. The summed E-state index contributed by atoms with van der Waals surface area (Å²) >= 11 is 0. The zero-order valence-corrected chi connectivity index (χ0v) is 20.4. The highest BCUT2D eigenvalue weighted by Crippen LogP contribution is 2.20. The van der Waals surface area contributed by atoms with Gasteiger partial charge in [0.1, 0.15) is 6.10 Å². The number of unbranched alkanes of at least 4 members (excludes halogenated alkanes) is 11. The van der Waals surface area contributed by atoms with Crippen LogP contribution in [0.4, 0.5) is 0 Å². The fourth-order valence-electron chi connectivity index (χ4n) is 3.99. The van der Waals surface area contributed by atoms with Crippen molar-refractivity contribution in [3.8, 4) is 0 Å². The van der Waals surface area contributed by atoms with E-state index in [-0.39, 0.29) is 22.8 Å². The SMILES string of the molecule is CCCCCCCCCCC(CCCCCCC)OC(=O)c1ccc(C(=O)O)cc1C(=O)O. The fourth-order valence-corrected chi connectivity index (χ4v) is 3.99. The molecule has 1 atom stereocenters. The van der Waals surface area contributed by atoms with Crippen LogP contribution in [0, 0.1) is 0 Å². The highest BCUT2D eigenvalue weighted by molar-refractivity contribution is 6.04. The van der Waals surface area contributed by atoms with Crippen molar-refractivity contribution >= 4 is 17.9 Å². The monoisotopic (exact) mass is 462 g/mol. The number of rotatable bonds is 19. The molecule has 0 spiro atoms. The predicted octanol–water partition coefficient (Wildman–Crippen LogP) is 7.50. The Balaban J connectivity index is 2.69. The van der Waals surface area contributed by atoms with E-state index in [1.807, 2.05) is 0 Å². The second-order valence-corrected chi connectivity index (χ2v) is 8.86. The second kappa shape index (κ2) is 17.2. The molecule has 0 aliphatic rings. The Hall–Kier alpha value is -2.37. The van der Waals surface area contributed by atoms with Crippen LogP contribution in [0.25, 0.3) is 0 Å². The van der Waals surface area contributed by atoms with E-state index < -0.39 is 17.9 Å². The number of ether oxygens (including phenoxy) is 1. The van der Waals surface area contributed by atoms with Crippen LogP contribution >= 0.6 is 0 Å². The first-order chi connectivity index (χ1) is 15.9. The van der Waals surface area contributed by atoms with Gasteiger partial charge < -0.3 is 14.9 Å². The lowest BCUT2D eigenvalue weighted by Crippen LogP contribution is -2.21. The van der Waals surface area contributed by atoms with Gasteiger partial charge in [-0.2, -0.15) is 0 Å². The average Bonchev–Trinajstić information content (AvgIpc) is 2.79. The first-order valence-electron chi connectivity index (χ1n) is 12.7. The normalized spacial score (nSPS) is 11.8. The summed E-state index contributed by atoms with van der Waals surface area (Å²) < 4.78 is 5.74. The van der Waals surface area contributed by atoms with Gasteiger partial charge in [0.25, 0.3) is 0 Å². The minimum atomic E-state index is -1.34. The van der Waals surface area contributed by atoms with Gasteiger partial charge in [0, 0.05) is 0 Å². The van der Waals surface area contributed by atoms with Crippen molar-refractivity contribution < 1.29 is 29.3 Å². The van der Waals surface area contributed by atoms with Crippen molar-refractivity contribution in [1.29, 1.82) is 0 Å². The molecule has 1 rings (SSSR count). The van der Waals surface area contributed by atoms with Gasteiger partial charge in [-0.3, -0.25) is 0 Å². The molecular weight excluding hydrogens is 420 g/mol. The van der Waals surface area contributed by atoms with Crippen LogP contribution in [0.3, 0.4) is 0 Å². The fraction of sp³-hybridized carbons (Fsp3) is 0.667. The number of hydrogen-bond acceptors (Lipinski definition) is 4. The third-order valence-corrected chi connectivity index (χ3v) is 6.00. The molecule has 2 N–H and O–H groups in total. The van der Waals surface area contributed by atoms with Crippen LogP contribution in [-0.2, 0) is 4.74 Å². The van der Waals surface area contributed by atoms with Crippen molar-refractivity contribution in [2.24, 2.45) is 0 Å². The number of carbonyl (C=O) groups excluding carboxylic acids is 1. The van der Waals surface area contributed by atoms with Gasteiger partial charge in [0.15, 0.2) is 0 Å². The smallest absolute Gasteiger partial charge is 0.339 e. The van der Waals surface area contributed by atoms with E-state index in [4.69, 9.17) is 9.84 Å². The van der Waals surface area contributed by atoms with Gasteiger partial charge in [-0.05, 0) is 43.9 Å². The van der Waals surface area contributed by atoms with Crippen LogP contribution in [0.15, 0.2) is 18.2 Å². The molecule has 0 aliphatic carbocycles. The van der Waals surface area contributed by atoms with Crippen LogP contribution in [0.1, 0.15) is 141 Å². The zero-order chi connectivity index (χ0) is 24.5. The molecule has 0 bridgehead atoms. The van der Waals surface area contributed by atoms with Gasteiger partial charge in [0.2, 0.25) is 0 Å². The average molecular weight is 463 g/mol. The standard InChI is InChI=1S/C27H42O6/c1-3-5-7-9-10-11-13-15-17-22(16-14-12-8-6-4-2)33-27(32)23-19-18-21(25(28)29)20-24(23)26(30)31/h18-20,22H,3-17H2,1-2H3,(H,28,29)(H,30,31). The largest absolute Gasteiger partial charge is 0.478 e. The van der Waals surface area contributed by atoms with Crippen LogP contribution in [0.5, 0.6) is 0 Å². The van der Waals surface area contributed by atoms with Crippen molar-refractivity contribution in [1.82, 2.24) is 0 Å². The molecular formula is C27H42O6. The van der Waals surface area contributed by atoms with E-state index in [0.717, 1.165) is 51.0 Å². The first-order valence-corrected chi connectivity index (χ1v) is 12.7. The summed E-state index contributed by atoms with van der Waals surface area (Å²) in [5.41, 5.74) is -0.608. The zero-order valence-electron chi connectivity index (χ0n) is 20.4. The van der Waals surface area contributed by atoms with Crippen LogP contribution in [-0.4, -0.2) is 34.2 Å². The maximum Gasteiger partial charge on any atom is 0.339 e. The second-order valence-electron chi connectivity index (χ2n) is 8.86. The molecule has 0 fully saturated rings. The summed E-state index contributed by atoms with van der Waals surface area (Å²) in [7, 11) is 0. The Bertz CT molecular complexity index is 727. The summed E-state index contributed by atoms with van der Waals surface area (Å²) in [5.74, 6) is -3.27. The number of aromatic carboxylic acids is 2. The van der Waals surface area contributed by atoms with Crippen molar-refractivity contribution in [2.75, 3.05) is 0 Å². The molecule has 0 saturated carbocycles. The number of hydrogen-bond donors (Lipinski definition) is 2. The molecule has 1 aromatic rings. The summed E-state index contributed by atoms with van der Waals surface area (Å²) in [6, 6.07) is 3.49. The Labute approximate surface area is 198 Å². The Morgan fingerprint density at radius 1 is 0.697 bits per heavy atom. The number of benzene rings is 1. The third kappa shape index (κ3) is 11.9. The maximum absolute atomic E-state index is 12.8. The molecule has 0 heterocycles. The van der Waals surface area contributed by atoms with Crippen molar-refractivity contribution in [2.45, 2.75) is 116 Å². The topological polar surface area (TPSA) is 101 Å². The molecule has 1 aromatic carbocycles. The molecule has 0 amide bonds. The molecule has 0 saturated heterocycles. The molecule has 186 valence electrons. The Morgan fingerprint density at radius 3 is 1.64 bits per heavy atom. The first kappa shape index (κ1) is 28.7. The maximum atomic E-state index is 12.8. The molecule has 6 heteroatoms. The Kier molecular flexibility index (Phi) is 14.9. The lowest BCUT2D eigenvalue weighted by atomic mass is 10.0. The third-order valence-electron chi connectivity index (χ3n) is 6.00. The quantitative estimate of drug-likeness (QED) is 0.163. The predicted molar refractivity (Wildman–Crippen MR) is 130 cm³/mol. The molecule has 6 nitrogen and oxygen atoms in total. The van der Waals surface area contributed by atoms with Gasteiger partial charge in [-0.25, -0.2) is 14.4 Å². The molecule has 33 heavy (non-hydrogen) atoms. The number of carbonyl (C=O) groups is 3. The molecule has 0 aliphatic heterocycles. The van der Waals surface area contributed by atoms with Gasteiger partial charge in [-0.15, -0.1) is 0 Å². The van der Waals surface area contributed by atoms with Gasteiger partial charge in [0.05, 0.1) is 16.7 Å². The minimum Gasteiger partial charge on any atom is -0.478 e. The van der Waals surface area contributed by atoms with Gasteiger partial charge >= 0.3 is 17.9 Å². The van der Waals surface area contributed by atoms with E-state index in [2.05, 4.69) is 13.8 Å². The minimum absolute atomic E-state index is 0.0978. The van der Waals surface area contributed by atoms with Crippen LogP contribution < -0.4 is 0 Å². The summed E-state index contributed by atoms with van der Waals surface area (Å²) in [5, 5.41) is 18.6.